The van der Waals surface area contributed by atoms with Crippen LogP contribution in [-0.4, -0.2) is 32.8 Å². The van der Waals surface area contributed by atoms with Gasteiger partial charge < -0.3 is 14.4 Å². The fraction of sp³-hybridized carbons (Fsp3) is 0.278. The highest BCUT2D eigenvalue weighted by Gasteiger charge is 2.22. The lowest BCUT2D eigenvalue weighted by Crippen LogP contribution is -2.28. The van der Waals surface area contributed by atoms with Gasteiger partial charge in [0.1, 0.15) is 6.61 Å². The number of benzene rings is 2. The zero-order chi connectivity index (χ0) is 15.7. The molecule has 22 heavy (non-hydrogen) atoms. The van der Waals surface area contributed by atoms with Crippen molar-refractivity contribution in [1.82, 2.24) is 0 Å². The fourth-order valence-corrected chi connectivity index (χ4v) is 2.62. The maximum atomic E-state index is 11.9. The predicted molar refractivity (Wildman–Crippen MR) is 87.8 cm³/mol. The Labute approximate surface area is 129 Å². The summed E-state index contributed by atoms with van der Waals surface area (Å²) in [5.74, 6) is 0.236. The Morgan fingerprint density at radius 3 is 2.59 bits per heavy atom. The van der Waals surface area contributed by atoms with Crippen LogP contribution < -0.4 is 4.90 Å². The molecule has 0 saturated carbocycles. The molecule has 4 nitrogen and oxygen atoms in total. The first-order valence-corrected chi connectivity index (χ1v) is 7.28. The molecule has 0 aliphatic carbocycles. The summed E-state index contributed by atoms with van der Waals surface area (Å²) < 4.78 is 10.7. The van der Waals surface area contributed by atoms with Gasteiger partial charge in [-0.15, -0.1) is 0 Å². The number of rotatable bonds is 2. The number of fused-ring (bicyclic) bond motifs is 1. The lowest BCUT2D eigenvalue weighted by atomic mass is 10.0. The number of carbonyl (C=O) groups is 1. The van der Waals surface area contributed by atoms with E-state index in [1.165, 1.54) is 0 Å². The molecule has 1 atom stereocenters. The molecule has 0 N–H and O–H groups in total. The summed E-state index contributed by atoms with van der Waals surface area (Å²) >= 11 is 0. The molecule has 3 rings (SSSR count). The highest BCUT2D eigenvalue weighted by Crippen LogP contribution is 2.30. The Balaban J connectivity index is 2.12. The van der Waals surface area contributed by atoms with Gasteiger partial charge in [-0.25, -0.2) is 0 Å². The molecule has 1 aliphatic heterocycles. The van der Waals surface area contributed by atoms with Crippen molar-refractivity contribution in [2.75, 3.05) is 25.6 Å². The van der Waals surface area contributed by atoms with E-state index >= 15 is 0 Å². The normalized spacial score (nSPS) is 20.2. The van der Waals surface area contributed by atoms with Crippen LogP contribution in [0.3, 0.4) is 0 Å². The molecule has 1 saturated heterocycles. The second-order valence-corrected chi connectivity index (χ2v) is 5.54. The molecule has 114 valence electrons. The van der Waals surface area contributed by atoms with E-state index < -0.39 is 6.29 Å². The summed E-state index contributed by atoms with van der Waals surface area (Å²) in [6.07, 6.45) is 1.42. The third kappa shape index (κ3) is 2.70. The van der Waals surface area contributed by atoms with Gasteiger partial charge in [0.25, 0.3) is 0 Å². The first-order valence-electron chi connectivity index (χ1n) is 7.28. The van der Waals surface area contributed by atoms with Crippen molar-refractivity contribution in [2.45, 2.75) is 13.2 Å². The smallest absolute Gasteiger partial charge is 0.223 e. The maximum Gasteiger partial charge on any atom is 0.223 e. The van der Waals surface area contributed by atoms with Crippen LogP contribution in [0.5, 0.6) is 0 Å². The SMILES string of the molecule is CC1OCC(=O)/C(=C/c2ccc(N(C)C)c3ccccc23)O1. The van der Waals surface area contributed by atoms with Crippen molar-refractivity contribution in [3.05, 3.63) is 47.7 Å². The van der Waals surface area contributed by atoms with E-state index in [1.807, 2.05) is 38.4 Å². The quantitative estimate of drug-likeness (QED) is 0.798. The van der Waals surface area contributed by atoms with Gasteiger partial charge in [-0.2, -0.15) is 0 Å². The Hall–Kier alpha value is -2.33. The van der Waals surface area contributed by atoms with E-state index in [2.05, 4.69) is 23.1 Å². The number of Topliss-reactive ketones (excluding diaryl/α,β-unsaturated/α-hetero) is 1. The van der Waals surface area contributed by atoms with Gasteiger partial charge in [0, 0.05) is 25.2 Å². The molecular weight excluding hydrogens is 278 g/mol. The highest BCUT2D eigenvalue weighted by molar-refractivity contribution is 6.04. The molecule has 2 aromatic rings. The van der Waals surface area contributed by atoms with Gasteiger partial charge in [0.05, 0.1) is 0 Å². The zero-order valence-electron chi connectivity index (χ0n) is 13.0. The number of hydrogen-bond acceptors (Lipinski definition) is 4. The van der Waals surface area contributed by atoms with Crippen molar-refractivity contribution in [3.63, 3.8) is 0 Å². The van der Waals surface area contributed by atoms with E-state index in [-0.39, 0.29) is 12.4 Å². The molecule has 0 spiro atoms. The number of nitrogens with zero attached hydrogens (tertiary/aromatic N) is 1. The summed E-state index contributed by atoms with van der Waals surface area (Å²) in [7, 11) is 4.04. The number of ether oxygens (including phenoxy) is 2. The highest BCUT2D eigenvalue weighted by atomic mass is 16.7. The van der Waals surface area contributed by atoms with Crippen LogP contribution in [0.2, 0.25) is 0 Å². The summed E-state index contributed by atoms with van der Waals surface area (Å²) in [5.41, 5.74) is 2.11. The van der Waals surface area contributed by atoms with Crippen LogP contribution >= 0.6 is 0 Å². The van der Waals surface area contributed by atoms with Crippen molar-refractivity contribution in [3.8, 4) is 0 Å². The van der Waals surface area contributed by atoms with Gasteiger partial charge in [-0.05, 0) is 30.0 Å². The molecule has 0 amide bonds. The minimum atomic E-state index is -0.392. The molecule has 1 aliphatic rings. The number of carbonyl (C=O) groups excluding carboxylic acids is 1. The molecule has 1 heterocycles. The third-order valence-corrected chi connectivity index (χ3v) is 3.72. The lowest BCUT2D eigenvalue weighted by molar-refractivity contribution is -0.160. The van der Waals surface area contributed by atoms with E-state index in [0.717, 1.165) is 22.0 Å². The van der Waals surface area contributed by atoms with Gasteiger partial charge in [0.15, 0.2) is 12.0 Å². The second kappa shape index (κ2) is 5.81. The molecule has 1 fully saturated rings. The van der Waals surface area contributed by atoms with Gasteiger partial charge >= 0.3 is 0 Å². The average molecular weight is 297 g/mol. The van der Waals surface area contributed by atoms with Crippen LogP contribution in [0.25, 0.3) is 16.8 Å². The molecular formula is C18H19NO3. The van der Waals surface area contributed by atoms with Crippen LogP contribution in [0.15, 0.2) is 42.2 Å². The van der Waals surface area contributed by atoms with E-state index in [9.17, 15) is 4.79 Å². The summed E-state index contributed by atoms with van der Waals surface area (Å²) in [5, 5.41) is 2.24. The van der Waals surface area contributed by atoms with E-state index in [0.29, 0.717) is 5.76 Å². The summed E-state index contributed by atoms with van der Waals surface area (Å²) in [4.78, 5) is 14.0. The topological polar surface area (TPSA) is 38.8 Å². The van der Waals surface area contributed by atoms with Crippen LogP contribution in [0.4, 0.5) is 5.69 Å². The number of ketones is 1. The molecule has 0 bridgehead atoms. The first kappa shape index (κ1) is 14.6. The van der Waals surface area contributed by atoms with Crippen LogP contribution in [-0.2, 0) is 14.3 Å². The molecule has 4 heteroatoms. The first-order chi connectivity index (χ1) is 10.6. The Morgan fingerprint density at radius 1 is 1.14 bits per heavy atom. The Morgan fingerprint density at radius 2 is 1.86 bits per heavy atom. The minimum Gasteiger partial charge on any atom is -0.461 e. The third-order valence-electron chi connectivity index (χ3n) is 3.72. The molecule has 0 radical (unpaired) electrons. The Bertz CT molecular complexity index is 749. The van der Waals surface area contributed by atoms with Crippen molar-refractivity contribution in [1.29, 1.82) is 0 Å². The lowest BCUT2D eigenvalue weighted by Gasteiger charge is -2.22. The molecule has 0 aromatic heterocycles. The number of hydrogen-bond donors (Lipinski definition) is 0. The van der Waals surface area contributed by atoms with Gasteiger partial charge in [-0.1, -0.05) is 30.3 Å². The van der Waals surface area contributed by atoms with E-state index in [4.69, 9.17) is 9.47 Å². The van der Waals surface area contributed by atoms with Crippen LogP contribution in [0.1, 0.15) is 12.5 Å². The Kier molecular flexibility index (Phi) is 3.86. The van der Waals surface area contributed by atoms with Crippen molar-refractivity contribution < 1.29 is 14.3 Å². The maximum absolute atomic E-state index is 11.9. The van der Waals surface area contributed by atoms with Gasteiger partial charge in [0.2, 0.25) is 5.78 Å². The standard InChI is InChI=1S/C18H19NO3/c1-12-21-11-17(20)18(22-12)10-13-8-9-16(19(2)3)15-7-5-4-6-14(13)15/h4-10,12H,11H2,1-3H3/b18-10-. The average Bonchev–Trinajstić information content (AvgIpc) is 2.51. The molecule has 1 unspecified atom stereocenters. The second-order valence-electron chi connectivity index (χ2n) is 5.54. The van der Waals surface area contributed by atoms with Crippen LogP contribution in [0, 0.1) is 0 Å². The fourth-order valence-electron chi connectivity index (χ4n) is 2.62. The van der Waals surface area contributed by atoms with Gasteiger partial charge in [-0.3, -0.25) is 4.79 Å². The largest absolute Gasteiger partial charge is 0.461 e. The monoisotopic (exact) mass is 297 g/mol. The van der Waals surface area contributed by atoms with E-state index in [1.54, 1.807) is 6.92 Å². The summed E-state index contributed by atoms with van der Waals surface area (Å²) in [6.45, 7) is 1.86. The zero-order valence-corrected chi connectivity index (χ0v) is 13.0. The minimum absolute atomic E-state index is 0.0702. The number of anilines is 1. The predicted octanol–water partition coefficient (Wildman–Crippen LogP) is 3.21. The van der Waals surface area contributed by atoms with Crippen molar-refractivity contribution >= 4 is 28.3 Å². The van der Waals surface area contributed by atoms with Crippen molar-refractivity contribution in [2.24, 2.45) is 0 Å². The molecule has 2 aromatic carbocycles. The summed E-state index contributed by atoms with van der Waals surface area (Å²) in [6, 6.07) is 12.2.